The molecule has 13 nitrogen and oxygen atoms in total. The van der Waals surface area contributed by atoms with Gasteiger partial charge in [-0.3, -0.25) is 24.6 Å². The van der Waals surface area contributed by atoms with Gasteiger partial charge in [-0.05, 0) is 42.0 Å². The number of nitro benzene ring substituents is 1. The van der Waals surface area contributed by atoms with E-state index >= 15 is 0 Å². The second-order valence-corrected chi connectivity index (χ2v) is 7.94. The van der Waals surface area contributed by atoms with E-state index in [-0.39, 0.29) is 40.8 Å². The second-order valence-electron chi connectivity index (χ2n) is 7.94. The quantitative estimate of drug-likeness (QED) is 0.136. The van der Waals surface area contributed by atoms with Gasteiger partial charge in [0.15, 0.2) is 12.4 Å². The van der Waals surface area contributed by atoms with E-state index < -0.39 is 46.8 Å². The topological polar surface area (TPSA) is 170 Å². The number of imide groups is 1. The molecule has 14 heteroatoms. The van der Waals surface area contributed by atoms with E-state index in [0.29, 0.717) is 0 Å². The Bertz CT molecular complexity index is 1510. The van der Waals surface area contributed by atoms with Crippen LogP contribution in [-0.2, 0) is 20.9 Å². The van der Waals surface area contributed by atoms with Crippen molar-refractivity contribution in [3.63, 3.8) is 0 Å². The predicted molar refractivity (Wildman–Crippen MR) is 131 cm³/mol. The van der Waals surface area contributed by atoms with E-state index in [2.05, 4.69) is 15.4 Å². The average molecular weight is 538 g/mol. The monoisotopic (exact) mass is 538 g/mol. The number of esters is 1. The molecule has 2 heterocycles. The molecule has 1 fully saturated rings. The number of para-hydroxylation sites is 1. The van der Waals surface area contributed by atoms with E-state index in [1.54, 1.807) is 0 Å². The van der Waals surface area contributed by atoms with Gasteiger partial charge >= 0.3 is 17.7 Å². The number of urea groups is 1. The highest BCUT2D eigenvalue weighted by Gasteiger charge is 2.34. The minimum absolute atomic E-state index is 0.0733. The third-order valence-electron chi connectivity index (χ3n) is 5.32. The molecule has 1 aliphatic heterocycles. The minimum atomic E-state index is -0.766. The smallest absolute Gasteiger partial charge is 0.373 e. The van der Waals surface area contributed by atoms with Crippen LogP contribution in [0.1, 0.15) is 21.9 Å². The normalized spacial score (nSPS) is 13.8. The summed E-state index contributed by atoms with van der Waals surface area (Å²) in [4.78, 5) is 60.4. The minimum Gasteiger partial charge on any atom is -0.477 e. The van der Waals surface area contributed by atoms with Crippen LogP contribution < -0.4 is 15.4 Å². The summed E-state index contributed by atoms with van der Waals surface area (Å²) < 4.78 is 28.8. The summed E-state index contributed by atoms with van der Waals surface area (Å²) >= 11 is 0. The number of ether oxygens (including phenoxy) is 2. The zero-order chi connectivity index (χ0) is 28.1. The van der Waals surface area contributed by atoms with E-state index in [0.717, 1.165) is 17.0 Å². The highest BCUT2D eigenvalue weighted by molar-refractivity contribution is 6.13. The molecule has 0 radical (unpaired) electrons. The van der Waals surface area contributed by atoms with Crippen LogP contribution in [0.2, 0.25) is 0 Å². The lowest BCUT2D eigenvalue weighted by molar-refractivity contribution is -0.385. The number of carbonyl (C=O) groups excluding carboxylic acids is 4. The van der Waals surface area contributed by atoms with E-state index in [4.69, 9.17) is 9.15 Å². The first-order chi connectivity index (χ1) is 18.7. The molecule has 0 aliphatic carbocycles. The van der Waals surface area contributed by atoms with Crippen molar-refractivity contribution in [2.45, 2.75) is 6.54 Å². The third-order valence-corrected chi connectivity index (χ3v) is 5.32. The lowest BCUT2D eigenvalue weighted by Gasteiger charge is -2.09. The Hall–Kier alpha value is -5.53. The number of amides is 4. The van der Waals surface area contributed by atoms with Crippen LogP contribution in [-0.4, -0.2) is 47.4 Å². The van der Waals surface area contributed by atoms with Crippen molar-refractivity contribution < 1.29 is 42.4 Å². The van der Waals surface area contributed by atoms with Crippen LogP contribution in [0, 0.1) is 15.9 Å². The maximum absolute atomic E-state index is 13.7. The molecule has 1 saturated heterocycles. The number of carbonyl (C=O) groups is 4. The Kier molecular flexibility index (Phi) is 7.65. The van der Waals surface area contributed by atoms with Gasteiger partial charge in [-0.15, -0.1) is 0 Å². The van der Waals surface area contributed by atoms with Crippen LogP contribution in [0.4, 0.5) is 20.6 Å². The van der Waals surface area contributed by atoms with E-state index in [9.17, 15) is 33.7 Å². The largest absolute Gasteiger partial charge is 0.477 e. The number of nitro groups is 1. The number of methoxy groups -OCH3 is 1. The van der Waals surface area contributed by atoms with Gasteiger partial charge in [0.25, 0.3) is 11.8 Å². The number of hydrogen-bond acceptors (Lipinski definition) is 9. The van der Waals surface area contributed by atoms with Crippen molar-refractivity contribution in [2.75, 3.05) is 19.0 Å². The number of halogens is 1. The molecule has 39 heavy (non-hydrogen) atoms. The SMILES string of the molecule is COC(=O)c1ccc(CN2C(=O)N/C(=C\c3ccc(OCC(=O)Nc4ccccc4F)c([N+](=O)[O-])c3)C2=O)o1. The number of anilines is 1. The average Bonchev–Trinajstić information content (AvgIpc) is 3.49. The number of furan rings is 1. The lowest BCUT2D eigenvalue weighted by atomic mass is 10.1. The van der Waals surface area contributed by atoms with Crippen molar-refractivity contribution in [3.8, 4) is 5.75 Å². The number of benzene rings is 2. The Balaban J connectivity index is 1.45. The van der Waals surface area contributed by atoms with Crippen molar-refractivity contribution in [1.29, 1.82) is 0 Å². The molecule has 2 aromatic carbocycles. The van der Waals surface area contributed by atoms with E-state index in [1.165, 1.54) is 55.7 Å². The Morgan fingerprint density at radius 2 is 1.95 bits per heavy atom. The van der Waals surface area contributed by atoms with Crippen molar-refractivity contribution in [1.82, 2.24) is 10.2 Å². The van der Waals surface area contributed by atoms with Crippen LogP contribution in [0.25, 0.3) is 6.08 Å². The van der Waals surface area contributed by atoms with Gasteiger partial charge in [0.2, 0.25) is 5.76 Å². The van der Waals surface area contributed by atoms with Crippen molar-refractivity contribution >= 4 is 41.3 Å². The first-order valence-corrected chi connectivity index (χ1v) is 11.1. The van der Waals surface area contributed by atoms with Crippen molar-refractivity contribution in [2.24, 2.45) is 0 Å². The number of nitrogens with zero attached hydrogens (tertiary/aromatic N) is 2. The fourth-order valence-electron chi connectivity index (χ4n) is 3.49. The van der Waals surface area contributed by atoms with Gasteiger partial charge < -0.3 is 24.5 Å². The molecule has 4 rings (SSSR count). The predicted octanol–water partition coefficient (Wildman–Crippen LogP) is 3.22. The molecule has 0 unspecified atom stereocenters. The first kappa shape index (κ1) is 26.5. The van der Waals surface area contributed by atoms with Gasteiger partial charge in [0.1, 0.15) is 17.3 Å². The zero-order valence-electron chi connectivity index (χ0n) is 20.1. The number of hydrogen-bond donors (Lipinski definition) is 2. The highest BCUT2D eigenvalue weighted by Crippen LogP contribution is 2.29. The summed E-state index contributed by atoms with van der Waals surface area (Å²) in [6.45, 7) is -0.912. The summed E-state index contributed by atoms with van der Waals surface area (Å²) in [6, 6.07) is 11.1. The molecule has 0 spiro atoms. The molecule has 1 aromatic heterocycles. The summed E-state index contributed by atoms with van der Waals surface area (Å²) in [7, 11) is 1.17. The maximum Gasteiger partial charge on any atom is 0.373 e. The fraction of sp³-hybridized carbons (Fsp3) is 0.120. The number of nitrogens with one attached hydrogen (secondary N) is 2. The fourth-order valence-corrected chi connectivity index (χ4v) is 3.49. The molecular formula is C25H19FN4O9. The molecule has 2 N–H and O–H groups in total. The molecular weight excluding hydrogens is 519 g/mol. The molecule has 200 valence electrons. The standard InChI is InChI=1S/C25H19FN4O9/c1-37-24(33)21-9-7-15(39-21)12-29-23(32)18(28-25(29)34)10-14-6-8-20(19(11-14)30(35)36)38-13-22(31)27-17-5-3-2-4-16(17)26/h2-11H,12-13H2,1H3,(H,27,31)(H,28,34)/b18-10-. The molecule has 4 amide bonds. The van der Waals surface area contributed by atoms with Gasteiger partial charge in [0.05, 0.1) is 24.3 Å². The summed E-state index contributed by atoms with van der Waals surface area (Å²) in [5.41, 5.74) is -0.563. The molecule has 3 aromatic rings. The van der Waals surface area contributed by atoms with Crippen LogP contribution in [0.3, 0.4) is 0 Å². The maximum atomic E-state index is 13.7. The van der Waals surface area contributed by atoms with Gasteiger partial charge in [-0.2, -0.15) is 0 Å². The van der Waals surface area contributed by atoms with Gasteiger partial charge in [-0.25, -0.2) is 14.0 Å². The van der Waals surface area contributed by atoms with Crippen LogP contribution >= 0.6 is 0 Å². The third kappa shape index (κ3) is 6.07. The Morgan fingerprint density at radius 1 is 1.18 bits per heavy atom. The Labute approximate surface area is 218 Å². The second kappa shape index (κ2) is 11.2. The summed E-state index contributed by atoms with van der Waals surface area (Å²) in [6.07, 6.45) is 1.23. The van der Waals surface area contributed by atoms with Crippen molar-refractivity contribution in [3.05, 3.63) is 93.3 Å². The highest BCUT2D eigenvalue weighted by atomic mass is 19.1. The van der Waals surface area contributed by atoms with Gasteiger partial charge in [0, 0.05) is 6.07 Å². The summed E-state index contributed by atoms with van der Waals surface area (Å²) in [5.74, 6) is -3.05. The molecule has 0 bridgehead atoms. The first-order valence-electron chi connectivity index (χ1n) is 11.1. The molecule has 0 atom stereocenters. The number of rotatable bonds is 9. The summed E-state index contributed by atoms with van der Waals surface area (Å²) in [5, 5.41) is 16.3. The molecule has 0 saturated carbocycles. The lowest BCUT2D eigenvalue weighted by Crippen LogP contribution is -2.30. The van der Waals surface area contributed by atoms with Gasteiger partial charge in [-0.1, -0.05) is 18.2 Å². The van der Waals surface area contributed by atoms with Crippen LogP contribution in [0.15, 0.2) is 64.7 Å². The van der Waals surface area contributed by atoms with E-state index in [1.807, 2.05) is 0 Å². The zero-order valence-corrected chi connectivity index (χ0v) is 20.1. The molecule has 1 aliphatic rings. The van der Waals surface area contributed by atoms with Crippen LogP contribution in [0.5, 0.6) is 5.75 Å². The Morgan fingerprint density at radius 3 is 2.67 bits per heavy atom.